The van der Waals surface area contributed by atoms with Crippen LogP contribution in [0.15, 0.2) is 17.4 Å². The SMILES string of the molecule is CSc1cc(NCC2CCCCN2)ncn1. The van der Waals surface area contributed by atoms with Gasteiger partial charge in [-0.15, -0.1) is 11.8 Å². The molecular formula is C11H18N4S. The van der Waals surface area contributed by atoms with Gasteiger partial charge in [-0.3, -0.25) is 0 Å². The van der Waals surface area contributed by atoms with E-state index < -0.39 is 0 Å². The molecule has 0 saturated carbocycles. The van der Waals surface area contributed by atoms with Gasteiger partial charge in [0.25, 0.3) is 0 Å². The zero-order valence-electron chi connectivity index (χ0n) is 9.57. The Kier molecular flexibility index (Phi) is 4.42. The van der Waals surface area contributed by atoms with E-state index in [0.717, 1.165) is 23.9 Å². The van der Waals surface area contributed by atoms with Crippen molar-refractivity contribution in [3.63, 3.8) is 0 Å². The first-order valence-electron chi connectivity index (χ1n) is 5.72. The average Bonchev–Trinajstić information content (AvgIpc) is 2.38. The van der Waals surface area contributed by atoms with Crippen molar-refractivity contribution < 1.29 is 0 Å². The molecule has 2 rings (SSSR count). The first-order valence-corrected chi connectivity index (χ1v) is 6.94. The molecule has 2 N–H and O–H groups in total. The third kappa shape index (κ3) is 3.35. The smallest absolute Gasteiger partial charge is 0.130 e. The van der Waals surface area contributed by atoms with Gasteiger partial charge in [-0.1, -0.05) is 6.42 Å². The van der Waals surface area contributed by atoms with E-state index in [0.29, 0.717) is 6.04 Å². The Morgan fingerprint density at radius 2 is 2.44 bits per heavy atom. The quantitative estimate of drug-likeness (QED) is 0.618. The highest BCUT2D eigenvalue weighted by atomic mass is 32.2. The molecule has 1 aliphatic rings. The summed E-state index contributed by atoms with van der Waals surface area (Å²) in [5.74, 6) is 0.923. The highest BCUT2D eigenvalue weighted by Crippen LogP contribution is 2.14. The van der Waals surface area contributed by atoms with E-state index in [2.05, 4.69) is 20.6 Å². The van der Waals surface area contributed by atoms with E-state index in [-0.39, 0.29) is 0 Å². The van der Waals surface area contributed by atoms with Gasteiger partial charge in [0.05, 0.1) is 0 Å². The van der Waals surface area contributed by atoms with E-state index in [4.69, 9.17) is 0 Å². The fourth-order valence-electron chi connectivity index (χ4n) is 1.87. The zero-order chi connectivity index (χ0) is 11.2. The van der Waals surface area contributed by atoms with Crippen molar-refractivity contribution in [3.8, 4) is 0 Å². The fraction of sp³-hybridized carbons (Fsp3) is 0.636. The largest absolute Gasteiger partial charge is 0.368 e. The van der Waals surface area contributed by atoms with Gasteiger partial charge in [0.15, 0.2) is 0 Å². The van der Waals surface area contributed by atoms with Gasteiger partial charge < -0.3 is 10.6 Å². The number of hydrogen-bond acceptors (Lipinski definition) is 5. The molecule has 1 aromatic rings. The standard InChI is InChI=1S/C11H18N4S/c1-16-11-6-10(14-8-15-11)13-7-9-4-2-3-5-12-9/h6,8-9,12H,2-5,7H2,1H3,(H,13,14,15). The molecule has 16 heavy (non-hydrogen) atoms. The first-order chi connectivity index (χ1) is 7.88. The molecule has 1 aliphatic heterocycles. The van der Waals surface area contributed by atoms with Gasteiger partial charge in [0, 0.05) is 18.7 Å². The Balaban J connectivity index is 1.83. The zero-order valence-corrected chi connectivity index (χ0v) is 10.4. The van der Waals surface area contributed by atoms with Crippen molar-refractivity contribution in [1.29, 1.82) is 0 Å². The summed E-state index contributed by atoms with van der Waals surface area (Å²) >= 11 is 1.64. The molecule has 1 atom stereocenters. The second-order valence-corrected chi connectivity index (χ2v) is 4.80. The minimum Gasteiger partial charge on any atom is -0.368 e. The number of anilines is 1. The number of nitrogens with zero attached hydrogens (tertiary/aromatic N) is 2. The van der Waals surface area contributed by atoms with Crippen LogP contribution in [0.1, 0.15) is 19.3 Å². The van der Waals surface area contributed by atoms with Crippen LogP contribution in [0, 0.1) is 0 Å². The van der Waals surface area contributed by atoms with Gasteiger partial charge in [-0.25, -0.2) is 9.97 Å². The van der Waals surface area contributed by atoms with Crippen LogP contribution in [-0.4, -0.2) is 35.4 Å². The van der Waals surface area contributed by atoms with E-state index in [1.165, 1.54) is 19.3 Å². The molecule has 0 aromatic carbocycles. The predicted octanol–water partition coefficient (Wildman–Crippen LogP) is 1.75. The minimum absolute atomic E-state index is 0.585. The predicted molar refractivity (Wildman–Crippen MR) is 67.9 cm³/mol. The molecule has 1 unspecified atom stereocenters. The van der Waals surface area contributed by atoms with Crippen LogP contribution in [0.4, 0.5) is 5.82 Å². The summed E-state index contributed by atoms with van der Waals surface area (Å²) in [6.07, 6.45) is 7.53. The van der Waals surface area contributed by atoms with Crippen LogP contribution >= 0.6 is 11.8 Å². The van der Waals surface area contributed by atoms with Crippen molar-refractivity contribution in [1.82, 2.24) is 15.3 Å². The lowest BCUT2D eigenvalue weighted by molar-refractivity contribution is 0.414. The average molecular weight is 238 g/mol. The summed E-state index contributed by atoms with van der Waals surface area (Å²) in [5, 5.41) is 7.88. The van der Waals surface area contributed by atoms with Crippen LogP contribution in [0.5, 0.6) is 0 Å². The normalized spacial score (nSPS) is 20.7. The van der Waals surface area contributed by atoms with Crippen molar-refractivity contribution >= 4 is 17.6 Å². The lowest BCUT2D eigenvalue weighted by Gasteiger charge is -2.23. The molecule has 88 valence electrons. The fourth-order valence-corrected chi connectivity index (χ4v) is 2.26. The summed E-state index contributed by atoms with van der Waals surface area (Å²) in [6, 6.07) is 2.58. The van der Waals surface area contributed by atoms with Gasteiger partial charge in [0.2, 0.25) is 0 Å². The van der Waals surface area contributed by atoms with Gasteiger partial charge in [-0.05, 0) is 25.6 Å². The molecule has 5 heteroatoms. The van der Waals surface area contributed by atoms with Crippen molar-refractivity contribution in [2.45, 2.75) is 30.3 Å². The molecule has 1 fully saturated rings. The number of thioether (sulfide) groups is 1. The molecule has 2 heterocycles. The second kappa shape index (κ2) is 6.06. The van der Waals surface area contributed by atoms with Crippen LogP contribution < -0.4 is 10.6 Å². The second-order valence-electron chi connectivity index (χ2n) is 3.97. The molecular weight excluding hydrogens is 220 g/mol. The Hall–Kier alpha value is -0.810. The van der Waals surface area contributed by atoms with Crippen molar-refractivity contribution in [2.75, 3.05) is 24.7 Å². The number of piperidine rings is 1. The van der Waals surface area contributed by atoms with E-state index >= 15 is 0 Å². The summed E-state index contributed by atoms with van der Waals surface area (Å²) < 4.78 is 0. The van der Waals surface area contributed by atoms with E-state index in [1.807, 2.05) is 12.3 Å². The van der Waals surface area contributed by atoms with E-state index in [1.54, 1.807) is 18.1 Å². The first kappa shape index (κ1) is 11.7. The van der Waals surface area contributed by atoms with Crippen LogP contribution in [-0.2, 0) is 0 Å². The Morgan fingerprint density at radius 3 is 3.19 bits per heavy atom. The topological polar surface area (TPSA) is 49.8 Å². The molecule has 0 spiro atoms. The van der Waals surface area contributed by atoms with Gasteiger partial charge >= 0.3 is 0 Å². The lowest BCUT2D eigenvalue weighted by atomic mass is 10.1. The Bertz CT molecular complexity index is 326. The van der Waals surface area contributed by atoms with Gasteiger partial charge in [0.1, 0.15) is 17.2 Å². The monoisotopic (exact) mass is 238 g/mol. The molecule has 1 saturated heterocycles. The maximum atomic E-state index is 4.21. The number of nitrogens with one attached hydrogen (secondary N) is 2. The molecule has 4 nitrogen and oxygen atoms in total. The molecule has 0 bridgehead atoms. The summed E-state index contributed by atoms with van der Waals surface area (Å²) in [6.45, 7) is 2.09. The number of hydrogen-bond donors (Lipinski definition) is 2. The van der Waals surface area contributed by atoms with Crippen molar-refractivity contribution in [3.05, 3.63) is 12.4 Å². The molecule has 1 aromatic heterocycles. The van der Waals surface area contributed by atoms with E-state index in [9.17, 15) is 0 Å². The highest BCUT2D eigenvalue weighted by molar-refractivity contribution is 7.98. The Labute approximate surface area is 101 Å². The maximum Gasteiger partial charge on any atom is 0.130 e. The van der Waals surface area contributed by atoms with Gasteiger partial charge in [-0.2, -0.15) is 0 Å². The highest BCUT2D eigenvalue weighted by Gasteiger charge is 2.11. The molecule has 0 amide bonds. The van der Waals surface area contributed by atoms with Crippen LogP contribution in [0.3, 0.4) is 0 Å². The third-order valence-electron chi connectivity index (χ3n) is 2.79. The van der Waals surface area contributed by atoms with Crippen LogP contribution in [0.2, 0.25) is 0 Å². The maximum absolute atomic E-state index is 4.21. The molecule has 0 radical (unpaired) electrons. The van der Waals surface area contributed by atoms with Crippen molar-refractivity contribution in [2.24, 2.45) is 0 Å². The number of aromatic nitrogens is 2. The summed E-state index contributed by atoms with van der Waals surface area (Å²) in [5.41, 5.74) is 0. The minimum atomic E-state index is 0.585. The third-order valence-corrected chi connectivity index (χ3v) is 3.43. The summed E-state index contributed by atoms with van der Waals surface area (Å²) in [4.78, 5) is 8.36. The van der Waals surface area contributed by atoms with Crippen LogP contribution in [0.25, 0.3) is 0 Å². The summed E-state index contributed by atoms with van der Waals surface area (Å²) in [7, 11) is 0. The Morgan fingerprint density at radius 1 is 1.50 bits per heavy atom. The molecule has 0 aliphatic carbocycles. The number of rotatable bonds is 4. The lowest BCUT2D eigenvalue weighted by Crippen LogP contribution is -2.39.